The van der Waals surface area contributed by atoms with Gasteiger partial charge in [-0.2, -0.15) is 0 Å². The highest BCUT2D eigenvalue weighted by atomic mass is 16.6. The molecule has 4 rings (SSSR count). The molecular formula is C27H28N2O3. The lowest BCUT2D eigenvalue weighted by atomic mass is 9.93. The van der Waals surface area contributed by atoms with Crippen LogP contribution in [-0.2, 0) is 16.0 Å². The van der Waals surface area contributed by atoms with E-state index in [9.17, 15) is 9.59 Å². The Hall–Kier alpha value is -3.60. The molecule has 1 aliphatic rings. The summed E-state index contributed by atoms with van der Waals surface area (Å²) in [7, 11) is 2.03. The van der Waals surface area contributed by atoms with Crippen LogP contribution in [0.4, 0.5) is 21.9 Å². The SMILES string of the molecule is CN(c1ccccc1)c1ccc(CC2C(=O)N(C(=O)OC(C)(C)C)c3ccccc32)cc1. The summed E-state index contributed by atoms with van der Waals surface area (Å²) in [5.74, 6) is -0.664. The average Bonchev–Trinajstić information content (AvgIpc) is 3.05. The highest BCUT2D eigenvalue weighted by Gasteiger charge is 2.42. The normalized spacial score (nSPS) is 15.4. The van der Waals surface area contributed by atoms with Crippen molar-refractivity contribution in [1.29, 1.82) is 0 Å². The average molecular weight is 429 g/mol. The van der Waals surface area contributed by atoms with E-state index in [-0.39, 0.29) is 5.91 Å². The van der Waals surface area contributed by atoms with E-state index in [4.69, 9.17) is 4.74 Å². The van der Waals surface area contributed by atoms with Gasteiger partial charge in [-0.05, 0) is 68.7 Å². The predicted octanol–water partition coefficient (Wildman–Crippen LogP) is 6.06. The van der Waals surface area contributed by atoms with Crippen LogP contribution in [0.5, 0.6) is 0 Å². The van der Waals surface area contributed by atoms with Gasteiger partial charge in [0.2, 0.25) is 5.91 Å². The molecule has 1 unspecified atom stereocenters. The smallest absolute Gasteiger partial charge is 0.421 e. The predicted molar refractivity (Wildman–Crippen MR) is 128 cm³/mol. The fraction of sp³-hybridized carbons (Fsp3) is 0.259. The van der Waals surface area contributed by atoms with E-state index in [2.05, 4.69) is 29.2 Å². The van der Waals surface area contributed by atoms with Crippen LogP contribution in [0.3, 0.4) is 0 Å². The van der Waals surface area contributed by atoms with E-state index in [1.807, 2.05) is 55.6 Å². The van der Waals surface area contributed by atoms with E-state index in [1.165, 1.54) is 4.90 Å². The number of ether oxygens (including phenoxy) is 1. The minimum atomic E-state index is -0.676. The molecule has 1 heterocycles. The number of imide groups is 1. The lowest BCUT2D eigenvalue weighted by Crippen LogP contribution is -2.39. The zero-order chi connectivity index (χ0) is 22.9. The topological polar surface area (TPSA) is 49.9 Å². The van der Waals surface area contributed by atoms with E-state index >= 15 is 0 Å². The van der Waals surface area contributed by atoms with E-state index in [1.54, 1.807) is 26.8 Å². The van der Waals surface area contributed by atoms with Crippen LogP contribution >= 0.6 is 0 Å². The molecule has 164 valence electrons. The maximum atomic E-state index is 13.3. The van der Waals surface area contributed by atoms with E-state index < -0.39 is 17.6 Å². The third kappa shape index (κ3) is 4.37. The van der Waals surface area contributed by atoms with Crippen molar-refractivity contribution in [3.63, 3.8) is 0 Å². The Morgan fingerprint density at radius 2 is 1.50 bits per heavy atom. The molecule has 0 aliphatic carbocycles. The van der Waals surface area contributed by atoms with Crippen LogP contribution in [-0.4, -0.2) is 24.6 Å². The lowest BCUT2D eigenvalue weighted by Gasteiger charge is -2.24. The lowest BCUT2D eigenvalue weighted by molar-refractivity contribution is -0.119. The number of nitrogens with zero attached hydrogens (tertiary/aromatic N) is 2. The number of carbonyl (C=O) groups is 2. The molecule has 5 nitrogen and oxygen atoms in total. The Balaban J connectivity index is 1.55. The number of benzene rings is 3. The number of hydrogen-bond donors (Lipinski definition) is 0. The van der Waals surface area contributed by atoms with Crippen molar-refractivity contribution in [3.8, 4) is 0 Å². The number of amides is 2. The summed E-state index contributed by atoms with van der Waals surface area (Å²) in [5.41, 5.74) is 3.99. The summed E-state index contributed by atoms with van der Waals surface area (Å²) in [5, 5.41) is 0. The van der Waals surface area contributed by atoms with Gasteiger partial charge < -0.3 is 9.64 Å². The summed E-state index contributed by atoms with van der Waals surface area (Å²) < 4.78 is 5.49. The molecule has 3 aromatic rings. The first-order valence-electron chi connectivity index (χ1n) is 10.8. The Labute approximate surface area is 189 Å². The van der Waals surface area contributed by atoms with Crippen molar-refractivity contribution in [2.75, 3.05) is 16.8 Å². The van der Waals surface area contributed by atoms with Crippen molar-refractivity contribution < 1.29 is 14.3 Å². The first-order valence-corrected chi connectivity index (χ1v) is 10.8. The minimum Gasteiger partial charge on any atom is -0.443 e. The van der Waals surface area contributed by atoms with Crippen LogP contribution in [0.2, 0.25) is 0 Å². The molecule has 0 aromatic heterocycles. The zero-order valence-corrected chi connectivity index (χ0v) is 18.9. The Bertz CT molecular complexity index is 1120. The van der Waals surface area contributed by atoms with E-state index in [0.29, 0.717) is 12.1 Å². The molecule has 32 heavy (non-hydrogen) atoms. The summed E-state index contributed by atoms with van der Waals surface area (Å²) in [6.07, 6.45) is -0.109. The van der Waals surface area contributed by atoms with Gasteiger partial charge in [0.05, 0.1) is 11.6 Å². The van der Waals surface area contributed by atoms with Gasteiger partial charge in [-0.25, -0.2) is 9.69 Å². The molecule has 0 N–H and O–H groups in total. The monoisotopic (exact) mass is 428 g/mol. The van der Waals surface area contributed by atoms with Crippen LogP contribution in [0.1, 0.15) is 37.8 Å². The second-order valence-corrected chi connectivity index (χ2v) is 9.03. The molecule has 0 saturated heterocycles. The molecule has 0 spiro atoms. The minimum absolute atomic E-state index is 0.245. The molecule has 5 heteroatoms. The van der Waals surface area contributed by atoms with Gasteiger partial charge in [0.25, 0.3) is 0 Å². The fourth-order valence-electron chi connectivity index (χ4n) is 3.98. The molecule has 0 saturated carbocycles. The largest absolute Gasteiger partial charge is 0.443 e. The van der Waals surface area contributed by atoms with Crippen molar-refractivity contribution in [3.05, 3.63) is 90.0 Å². The van der Waals surface area contributed by atoms with Gasteiger partial charge >= 0.3 is 6.09 Å². The molecular weight excluding hydrogens is 400 g/mol. The van der Waals surface area contributed by atoms with Gasteiger partial charge in [-0.3, -0.25) is 4.79 Å². The zero-order valence-electron chi connectivity index (χ0n) is 18.9. The van der Waals surface area contributed by atoms with Crippen LogP contribution < -0.4 is 9.80 Å². The Morgan fingerprint density at radius 3 is 2.16 bits per heavy atom. The Kier molecular flexibility index (Phi) is 5.74. The molecule has 0 fully saturated rings. The van der Waals surface area contributed by atoms with E-state index in [0.717, 1.165) is 22.5 Å². The highest BCUT2D eigenvalue weighted by molar-refractivity contribution is 6.19. The second-order valence-electron chi connectivity index (χ2n) is 9.03. The van der Waals surface area contributed by atoms with Crippen molar-refractivity contribution in [2.24, 2.45) is 0 Å². The van der Waals surface area contributed by atoms with Gasteiger partial charge in [0.1, 0.15) is 5.60 Å². The number of para-hydroxylation sites is 2. The van der Waals surface area contributed by atoms with Crippen LogP contribution in [0.25, 0.3) is 0 Å². The Morgan fingerprint density at radius 1 is 0.906 bits per heavy atom. The van der Waals surface area contributed by atoms with Crippen LogP contribution in [0.15, 0.2) is 78.9 Å². The van der Waals surface area contributed by atoms with Crippen molar-refractivity contribution >= 4 is 29.1 Å². The number of hydrogen-bond acceptors (Lipinski definition) is 4. The maximum absolute atomic E-state index is 13.3. The van der Waals surface area contributed by atoms with Crippen LogP contribution in [0, 0.1) is 0 Å². The third-order valence-corrected chi connectivity index (χ3v) is 5.55. The van der Waals surface area contributed by atoms with Gasteiger partial charge in [-0.15, -0.1) is 0 Å². The molecule has 0 bridgehead atoms. The molecule has 1 aliphatic heterocycles. The molecule has 1 atom stereocenters. The molecule has 0 radical (unpaired) electrons. The second kappa shape index (κ2) is 8.50. The van der Waals surface area contributed by atoms with Gasteiger partial charge in [0.15, 0.2) is 0 Å². The summed E-state index contributed by atoms with van der Waals surface area (Å²) in [4.78, 5) is 29.3. The third-order valence-electron chi connectivity index (χ3n) is 5.55. The fourth-order valence-corrected chi connectivity index (χ4v) is 3.98. The first-order chi connectivity index (χ1) is 15.2. The number of rotatable bonds is 4. The number of carbonyl (C=O) groups excluding carboxylic acids is 2. The molecule has 3 aromatic carbocycles. The van der Waals surface area contributed by atoms with Crippen molar-refractivity contribution in [1.82, 2.24) is 0 Å². The summed E-state index contributed by atoms with van der Waals surface area (Å²) in [6, 6.07) is 25.8. The van der Waals surface area contributed by atoms with Gasteiger partial charge in [-0.1, -0.05) is 48.5 Å². The van der Waals surface area contributed by atoms with Gasteiger partial charge in [0, 0.05) is 18.4 Å². The molecule has 2 amide bonds. The summed E-state index contributed by atoms with van der Waals surface area (Å²) >= 11 is 0. The maximum Gasteiger partial charge on any atom is 0.421 e. The standard InChI is InChI=1S/C27H28N2O3/c1-27(2,3)32-26(31)29-24-13-9-8-12-22(24)23(25(29)30)18-19-14-16-21(17-15-19)28(4)20-10-6-5-7-11-20/h5-17,23H,18H2,1-4H3. The number of fused-ring (bicyclic) bond motifs is 1. The van der Waals surface area contributed by atoms with Crippen molar-refractivity contribution in [2.45, 2.75) is 38.7 Å². The first kappa shape index (κ1) is 21.6. The highest BCUT2D eigenvalue weighted by Crippen LogP contribution is 2.40. The quantitative estimate of drug-likeness (QED) is 0.507. The number of anilines is 3. The summed E-state index contributed by atoms with van der Waals surface area (Å²) in [6.45, 7) is 5.38.